The van der Waals surface area contributed by atoms with Gasteiger partial charge in [-0.2, -0.15) is 0 Å². The Balaban J connectivity index is 2.42. The molecule has 3 N–H and O–H groups in total. The first-order valence-electron chi connectivity index (χ1n) is 4.87. The van der Waals surface area contributed by atoms with Crippen molar-refractivity contribution in [1.29, 1.82) is 0 Å². The minimum absolute atomic E-state index is 0.136. The summed E-state index contributed by atoms with van der Waals surface area (Å²) in [7, 11) is 3.90. The molecule has 0 aliphatic carbocycles. The van der Waals surface area contributed by atoms with Crippen molar-refractivity contribution in [3.05, 3.63) is 34.7 Å². The third kappa shape index (κ3) is 1.79. The first kappa shape index (κ1) is 10.4. The Morgan fingerprint density at radius 1 is 1.12 bits per heavy atom. The van der Waals surface area contributed by atoms with Gasteiger partial charge in [0.25, 0.3) is 0 Å². The van der Waals surface area contributed by atoms with Crippen LogP contribution in [0.3, 0.4) is 0 Å². The van der Waals surface area contributed by atoms with Crippen LogP contribution in [0.1, 0.15) is 0 Å². The second kappa shape index (κ2) is 3.77. The van der Waals surface area contributed by atoms with E-state index >= 15 is 0 Å². The molecule has 0 amide bonds. The number of aromatic amines is 2. The number of imidazole rings is 1. The molecule has 0 fully saturated rings. The predicted octanol–water partition coefficient (Wildman–Crippen LogP) is 1.14. The van der Waals surface area contributed by atoms with Crippen molar-refractivity contribution in [2.75, 3.05) is 19.0 Å². The van der Waals surface area contributed by atoms with E-state index in [9.17, 15) is 9.90 Å². The van der Waals surface area contributed by atoms with Crippen LogP contribution in [0.4, 0.5) is 5.69 Å². The zero-order valence-electron chi connectivity index (χ0n) is 9.11. The molecule has 5 nitrogen and oxygen atoms in total. The van der Waals surface area contributed by atoms with E-state index in [-0.39, 0.29) is 5.88 Å². The van der Waals surface area contributed by atoms with Gasteiger partial charge in [0.05, 0.1) is 0 Å². The molecule has 0 saturated heterocycles. The molecule has 5 heteroatoms. The van der Waals surface area contributed by atoms with Crippen molar-refractivity contribution >= 4 is 5.69 Å². The molecule has 1 aromatic carbocycles. The molecule has 2 rings (SSSR count). The van der Waals surface area contributed by atoms with Gasteiger partial charge in [-0.25, -0.2) is 4.79 Å². The highest BCUT2D eigenvalue weighted by Crippen LogP contribution is 2.25. The van der Waals surface area contributed by atoms with Gasteiger partial charge in [0.15, 0.2) is 0 Å². The Labute approximate surface area is 92.4 Å². The van der Waals surface area contributed by atoms with E-state index in [1.807, 2.05) is 43.3 Å². The molecule has 1 heterocycles. The molecule has 84 valence electrons. The Morgan fingerprint density at radius 2 is 1.75 bits per heavy atom. The number of hydrogen-bond acceptors (Lipinski definition) is 3. The quantitative estimate of drug-likeness (QED) is 0.709. The topological polar surface area (TPSA) is 72.1 Å². The number of nitrogens with zero attached hydrogens (tertiary/aromatic N) is 1. The largest absolute Gasteiger partial charge is 0.493 e. The van der Waals surface area contributed by atoms with Crippen molar-refractivity contribution in [2.45, 2.75) is 0 Å². The molecule has 16 heavy (non-hydrogen) atoms. The van der Waals surface area contributed by atoms with Gasteiger partial charge in [-0.1, -0.05) is 12.1 Å². The fraction of sp³-hybridized carbons (Fsp3) is 0.182. The van der Waals surface area contributed by atoms with Gasteiger partial charge in [-0.3, -0.25) is 4.98 Å². The highest BCUT2D eigenvalue weighted by atomic mass is 16.3. The first-order chi connectivity index (χ1) is 7.58. The van der Waals surface area contributed by atoms with E-state index in [2.05, 4.69) is 9.97 Å². The van der Waals surface area contributed by atoms with Crippen molar-refractivity contribution in [3.8, 4) is 17.1 Å². The fourth-order valence-corrected chi connectivity index (χ4v) is 1.51. The minimum atomic E-state index is -0.413. The van der Waals surface area contributed by atoms with Gasteiger partial charge >= 0.3 is 5.69 Å². The zero-order valence-corrected chi connectivity index (χ0v) is 9.11. The lowest BCUT2D eigenvalue weighted by atomic mass is 10.1. The molecule has 0 radical (unpaired) electrons. The fourth-order valence-electron chi connectivity index (χ4n) is 1.51. The van der Waals surface area contributed by atoms with Gasteiger partial charge in [-0.15, -0.1) is 0 Å². The molecule has 0 spiro atoms. The van der Waals surface area contributed by atoms with Crippen molar-refractivity contribution in [3.63, 3.8) is 0 Å². The van der Waals surface area contributed by atoms with Gasteiger partial charge in [0.1, 0.15) is 5.69 Å². The van der Waals surface area contributed by atoms with Crippen LogP contribution in [0.2, 0.25) is 0 Å². The van der Waals surface area contributed by atoms with E-state index in [0.29, 0.717) is 5.69 Å². The Bertz CT molecular complexity index is 537. The van der Waals surface area contributed by atoms with Crippen LogP contribution in [0.15, 0.2) is 29.1 Å². The maximum Gasteiger partial charge on any atom is 0.326 e. The average Bonchev–Trinajstić information content (AvgIpc) is 2.58. The van der Waals surface area contributed by atoms with Crippen LogP contribution in [-0.4, -0.2) is 29.2 Å². The second-order valence-corrected chi connectivity index (χ2v) is 3.74. The summed E-state index contributed by atoms with van der Waals surface area (Å²) in [5, 5.41) is 9.47. The van der Waals surface area contributed by atoms with E-state index < -0.39 is 5.69 Å². The Kier molecular flexibility index (Phi) is 2.44. The zero-order chi connectivity index (χ0) is 11.7. The summed E-state index contributed by atoms with van der Waals surface area (Å²) < 4.78 is 0. The number of aromatic hydroxyl groups is 1. The molecular formula is C11H13N3O2. The van der Waals surface area contributed by atoms with Gasteiger partial charge in [-0.05, 0) is 12.1 Å². The number of anilines is 1. The molecule has 0 saturated carbocycles. The molecular weight excluding hydrogens is 206 g/mol. The normalized spacial score (nSPS) is 10.4. The Morgan fingerprint density at radius 3 is 2.19 bits per heavy atom. The third-order valence-electron chi connectivity index (χ3n) is 2.38. The summed E-state index contributed by atoms with van der Waals surface area (Å²) in [5.41, 5.74) is 1.82. The maximum atomic E-state index is 11.0. The third-order valence-corrected chi connectivity index (χ3v) is 2.38. The van der Waals surface area contributed by atoms with Crippen molar-refractivity contribution < 1.29 is 5.11 Å². The number of hydrogen-bond donors (Lipinski definition) is 3. The van der Waals surface area contributed by atoms with E-state index in [1.165, 1.54) is 0 Å². The van der Waals surface area contributed by atoms with E-state index in [4.69, 9.17) is 0 Å². The first-order valence-corrected chi connectivity index (χ1v) is 4.87. The lowest BCUT2D eigenvalue weighted by Crippen LogP contribution is -2.07. The van der Waals surface area contributed by atoms with Gasteiger partial charge < -0.3 is 15.0 Å². The second-order valence-electron chi connectivity index (χ2n) is 3.74. The predicted molar refractivity (Wildman–Crippen MR) is 62.8 cm³/mol. The van der Waals surface area contributed by atoms with Crippen LogP contribution >= 0.6 is 0 Å². The van der Waals surface area contributed by atoms with Gasteiger partial charge in [0.2, 0.25) is 5.88 Å². The average molecular weight is 219 g/mol. The lowest BCUT2D eigenvalue weighted by molar-refractivity contribution is 0.457. The van der Waals surface area contributed by atoms with Crippen LogP contribution < -0.4 is 10.6 Å². The van der Waals surface area contributed by atoms with Crippen LogP contribution in [0, 0.1) is 0 Å². The van der Waals surface area contributed by atoms with Gasteiger partial charge in [0, 0.05) is 25.3 Å². The lowest BCUT2D eigenvalue weighted by Gasteiger charge is -2.12. The minimum Gasteiger partial charge on any atom is -0.493 e. The van der Waals surface area contributed by atoms with Crippen LogP contribution in [0.25, 0.3) is 11.3 Å². The van der Waals surface area contributed by atoms with E-state index in [0.717, 1.165) is 11.3 Å². The summed E-state index contributed by atoms with van der Waals surface area (Å²) in [6.45, 7) is 0. The Hall–Kier alpha value is -2.17. The smallest absolute Gasteiger partial charge is 0.326 e. The molecule has 1 aromatic heterocycles. The summed E-state index contributed by atoms with van der Waals surface area (Å²) in [5.74, 6) is -0.136. The summed E-state index contributed by atoms with van der Waals surface area (Å²) in [4.78, 5) is 17.8. The summed E-state index contributed by atoms with van der Waals surface area (Å²) >= 11 is 0. The monoisotopic (exact) mass is 219 g/mol. The molecule has 0 atom stereocenters. The number of aromatic nitrogens is 2. The highest BCUT2D eigenvalue weighted by molar-refractivity contribution is 5.66. The van der Waals surface area contributed by atoms with Crippen LogP contribution in [-0.2, 0) is 0 Å². The van der Waals surface area contributed by atoms with Crippen LogP contribution in [0.5, 0.6) is 5.88 Å². The highest BCUT2D eigenvalue weighted by Gasteiger charge is 2.07. The number of nitrogens with one attached hydrogen (secondary N) is 2. The summed E-state index contributed by atoms with van der Waals surface area (Å²) in [6, 6.07) is 7.52. The van der Waals surface area contributed by atoms with E-state index in [1.54, 1.807) is 0 Å². The van der Waals surface area contributed by atoms with Crippen molar-refractivity contribution in [1.82, 2.24) is 9.97 Å². The summed E-state index contributed by atoms with van der Waals surface area (Å²) in [6.07, 6.45) is 0. The maximum absolute atomic E-state index is 11.0. The number of benzene rings is 1. The number of rotatable bonds is 2. The molecule has 0 aliphatic heterocycles. The standard InChI is InChI=1S/C11H13N3O2/c1-14(2)8-5-3-7(4-6-8)9-10(15)13-11(16)12-9/h3-6,15H,1-2H3,(H2,12,13,16). The molecule has 2 aromatic rings. The molecule has 0 bridgehead atoms. The molecule has 0 unspecified atom stereocenters. The SMILES string of the molecule is CN(C)c1ccc(-c2[nH]c(=O)[nH]c2O)cc1. The van der Waals surface area contributed by atoms with Crippen molar-refractivity contribution in [2.24, 2.45) is 0 Å². The number of H-pyrrole nitrogens is 2. The molecule has 0 aliphatic rings.